The minimum Gasteiger partial charge on any atom is -0.399 e. The predicted octanol–water partition coefficient (Wildman–Crippen LogP) is 3.48. The quantitative estimate of drug-likeness (QED) is 0.850. The maximum Gasteiger partial charge on any atom is 0.225 e. The third-order valence-corrected chi connectivity index (χ3v) is 3.54. The number of nitrogen functional groups attached to an aromatic ring is 1. The summed E-state index contributed by atoms with van der Waals surface area (Å²) < 4.78 is 13.6. The van der Waals surface area contributed by atoms with Gasteiger partial charge in [0, 0.05) is 16.3 Å². The van der Waals surface area contributed by atoms with E-state index < -0.39 is 5.82 Å². The molecular weight excluding hydrogens is 291 g/mol. The number of amides is 1. The van der Waals surface area contributed by atoms with Crippen molar-refractivity contribution < 1.29 is 9.18 Å². The molecule has 3 N–H and O–H groups in total. The summed E-state index contributed by atoms with van der Waals surface area (Å²) in [7, 11) is 0. The second-order valence-electron chi connectivity index (χ2n) is 4.84. The van der Waals surface area contributed by atoms with Crippen LogP contribution in [0.4, 0.5) is 10.1 Å². The molecule has 0 spiro atoms. The summed E-state index contributed by atoms with van der Waals surface area (Å²) in [5.41, 5.74) is 7.44. The Morgan fingerprint density at radius 2 is 2.05 bits per heavy atom. The largest absolute Gasteiger partial charge is 0.399 e. The van der Waals surface area contributed by atoms with Gasteiger partial charge < -0.3 is 11.1 Å². The molecule has 0 bridgehead atoms. The summed E-state index contributed by atoms with van der Waals surface area (Å²) in [6, 6.07) is 11.4. The van der Waals surface area contributed by atoms with Crippen molar-refractivity contribution in [2.24, 2.45) is 0 Å². The monoisotopic (exact) mass is 306 g/mol. The van der Waals surface area contributed by atoms with E-state index in [9.17, 15) is 9.18 Å². The molecular formula is C16H16ClFN2O. The van der Waals surface area contributed by atoms with E-state index in [1.54, 1.807) is 18.2 Å². The standard InChI is InChI=1S/C16H16ClFN2O/c1-10(11-4-2-5-12(19)8-11)20-16(21)9-13-14(17)6-3-7-15(13)18/h2-8,10H,9,19H2,1H3,(H,20,21). The van der Waals surface area contributed by atoms with Crippen molar-refractivity contribution in [1.82, 2.24) is 5.32 Å². The van der Waals surface area contributed by atoms with E-state index in [2.05, 4.69) is 5.32 Å². The van der Waals surface area contributed by atoms with Gasteiger partial charge in [-0.15, -0.1) is 0 Å². The number of carbonyl (C=O) groups is 1. The number of nitrogens with one attached hydrogen (secondary N) is 1. The normalized spacial score (nSPS) is 12.0. The molecule has 2 aromatic carbocycles. The smallest absolute Gasteiger partial charge is 0.225 e. The zero-order valence-corrected chi connectivity index (χ0v) is 12.3. The van der Waals surface area contributed by atoms with Gasteiger partial charge in [0.2, 0.25) is 5.91 Å². The Hall–Kier alpha value is -2.07. The summed E-state index contributed by atoms with van der Waals surface area (Å²) in [6.07, 6.45) is -0.0990. The number of carbonyl (C=O) groups excluding carboxylic acids is 1. The van der Waals surface area contributed by atoms with Gasteiger partial charge in [0.1, 0.15) is 5.82 Å². The second-order valence-corrected chi connectivity index (χ2v) is 5.24. The first kappa shape index (κ1) is 15.3. The van der Waals surface area contributed by atoms with Gasteiger partial charge in [0.25, 0.3) is 0 Å². The molecule has 1 atom stereocenters. The number of hydrogen-bond donors (Lipinski definition) is 2. The minimum absolute atomic E-state index is 0.0990. The number of rotatable bonds is 4. The molecule has 0 aliphatic rings. The maximum absolute atomic E-state index is 13.6. The van der Waals surface area contributed by atoms with Crippen LogP contribution in [0.5, 0.6) is 0 Å². The lowest BCUT2D eigenvalue weighted by molar-refractivity contribution is -0.121. The Morgan fingerprint density at radius 3 is 2.71 bits per heavy atom. The van der Waals surface area contributed by atoms with E-state index in [4.69, 9.17) is 17.3 Å². The lowest BCUT2D eigenvalue weighted by Crippen LogP contribution is -2.28. The Morgan fingerprint density at radius 1 is 1.33 bits per heavy atom. The molecule has 1 unspecified atom stereocenters. The van der Waals surface area contributed by atoms with E-state index >= 15 is 0 Å². The highest BCUT2D eigenvalue weighted by atomic mass is 35.5. The minimum atomic E-state index is -0.478. The van der Waals surface area contributed by atoms with Crippen LogP contribution < -0.4 is 11.1 Å². The van der Waals surface area contributed by atoms with Gasteiger partial charge in [-0.05, 0) is 36.8 Å². The van der Waals surface area contributed by atoms with Crippen molar-refractivity contribution >= 4 is 23.2 Å². The molecule has 0 saturated carbocycles. The average Bonchev–Trinajstić information content (AvgIpc) is 2.43. The van der Waals surface area contributed by atoms with Crippen LogP contribution >= 0.6 is 11.6 Å². The molecule has 0 saturated heterocycles. The van der Waals surface area contributed by atoms with Crippen molar-refractivity contribution in [1.29, 1.82) is 0 Å². The summed E-state index contributed by atoms with van der Waals surface area (Å²) >= 11 is 5.91. The number of halogens is 2. The van der Waals surface area contributed by atoms with Gasteiger partial charge in [-0.2, -0.15) is 0 Å². The lowest BCUT2D eigenvalue weighted by Gasteiger charge is -2.15. The molecule has 21 heavy (non-hydrogen) atoms. The van der Waals surface area contributed by atoms with Crippen LogP contribution in [-0.4, -0.2) is 5.91 Å². The van der Waals surface area contributed by atoms with Gasteiger partial charge in [-0.1, -0.05) is 29.8 Å². The van der Waals surface area contributed by atoms with Crippen molar-refractivity contribution in [3.8, 4) is 0 Å². The van der Waals surface area contributed by atoms with Gasteiger partial charge >= 0.3 is 0 Å². The van der Waals surface area contributed by atoms with Gasteiger partial charge in [-0.25, -0.2) is 4.39 Å². The van der Waals surface area contributed by atoms with E-state index in [1.165, 1.54) is 12.1 Å². The molecule has 1 amide bonds. The van der Waals surface area contributed by atoms with E-state index in [1.807, 2.05) is 19.1 Å². The van der Waals surface area contributed by atoms with Crippen LogP contribution in [0.2, 0.25) is 5.02 Å². The van der Waals surface area contributed by atoms with Crippen molar-refractivity contribution in [3.05, 3.63) is 64.4 Å². The highest BCUT2D eigenvalue weighted by Crippen LogP contribution is 2.20. The zero-order valence-electron chi connectivity index (χ0n) is 11.6. The summed E-state index contributed by atoms with van der Waals surface area (Å²) in [5.74, 6) is -0.772. The summed E-state index contributed by atoms with van der Waals surface area (Å²) in [4.78, 5) is 12.0. The Kier molecular flexibility index (Phi) is 4.81. The van der Waals surface area contributed by atoms with Crippen LogP contribution in [0.25, 0.3) is 0 Å². The molecule has 0 aliphatic carbocycles. The molecule has 5 heteroatoms. The van der Waals surface area contributed by atoms with Gasteiger partial charge in [-0.3, -0.25) is 4.79 Å². The number of nitrogens with two attached hydrogens (primary N) is 1. The molecule has 2 aromatic rings. The van der Waals surface area contributed by atoms with Crippen LogP contribution in [0.1, 0.15) is 24.1 Å². The molecule has 3 nitrogen and oxygen atoms in total. The van der Waals surface area contributed by atoms with Crippen molar-refractivity contribution in [3.63, 3.8) is 0 Å². The predicted molar refractivity (Wildman–Crippen MR) is 82.5 cm³/mol. The second kappa shape index (κ2) is 6.59. The van der Waals surface area contributed by atoms with E-state index in [-0.39, 0.29) is 29.0 Å². The molecule has 0 aromatic heterocycles. The fourth-order valence-corrected chi connectivity index (χ4v) is 2.30. The number of anilines is 1. The average molecular weight is 307 g/mol. The highest BCUT2D eigenvalue weighted by Gasteiger charge is 2.14. The fraction of sp³-hybridized carbons (Fsp3) is 0.188. The molecule has 2 rings (SSSR count). The molecule has 0 radical (unpaired) electrons. The first-order valence-electron chi connectivity index (χ1n) is 6.55. The first-order valence-corrected chi connectivity index (χ1v) is 6.93. The Bertz CT molecular complexity index is 640. The van der Waals surface area contributed by atoms with E-state index in [0.29, 0.717) is 5.69 Å². The van der Waals surface area contributed by atoms with Gasteiger partial charge in [0.15, 0.2) is 0 Å². The topological polar surface area (TPSA) is 55.1 Å². The van der Waals surface area contributed by atoms with Gasteiger partial charge in [0.05, 0.1) is 12.5 Å². The lowest BCUT2D eigenvalue weighted by atomic mass is 10.1. The molecule has 0 aliphatic heterocycles. The Balaban J connectivity index is 2.05. The van der Waals surface area contributed by atoms with Crippen molar-refractivity contribution in [2.75, 3.05) is 5.73 Å². The zero-order chi connectivity index (χ0) is 15.4. The summed E-state index contributed by atoms with van der Waals surface area (Å²) in [5, 5.41) is 3.06. The Labute approximate surface area is 127 Å². The van der Waals surface area contributed by atoms with E-state index in [0.717, 1.165) is 5.56 Å². The maximum atomic E-state index is 13.6. The first-order chi connectivity index (χ1) is 9.97. The fourth-order valence-electron chi connectivity index (χ4n) is 2.07. The SMILES string of the molecule is CC(NC(=O)Cc1c(F)cccc1Cl)c1cccc(N)c1. The van der Waals surface area contributed by atoms with Crippen LogP contribution in [0.15, 0.2) is 42.5 Å². The van der Waals surface area contributed by atoms with Crippen molar-refractivity contribution in [2.45, 2.75) is 19.4 Å². The molecule has 110 valence electrons. The number of hydrogen-bond acceptors (Lipinski definition) is 2. The van der Waals surface area contributed by atoms with Crippen LogP contribution in [0, 0.1) is 5.82 Å². The third kappa shape index (κ3) is 3.95. The molecule has 0 fully saturated rings. The third-order valence-electron chi connectivity index (χ3n) is 3.19. The highest BCUT2D eigenvalue weighted by molar-refractivity contribution is 6.31. The number of benzene rings is 2. The summed E-state index contributed by atoms with van der Waals surface area (Å²) in [6.45, 7) is 1.84. The van der Waals surface area contributed by atoms with Crippen LogP contribution in [0.3, 0.4) is 0 Å². The molecule has 0 heterocycles. The van der Waals surface area contributed by atoms with Crippen LogP contribution in [-0.2, 0) is 11.2 Å².